The summed E-state index contributed by atoms with van der Waals surface area (Å²) in [5, 5.41) is 7.82. The summed E-state index contributed by atoms with van der Waals surface area (Å²) in [6.07, 6.45) is 2.42. The van der Waals surface area contributed by atoms with Crippen LogP contribution >= 0.6 is 0 Å². The molecule has 1 atom stereocenters. The minimum atomic E-state index is -4.36. The van der Waals surface area contributed by atoms with Gasteiger partial charge in [-0.1, -0.05) is 51.0 Å². The molecule has 1 aliphatic heterocycles. The number of rotatable bonds is 7. The normalized spacial score (nSPS) is 20.3. The topological polar surface area (TPSA) is 165 Å². The van der Waals surface area contributed by atoms with Gasteiger partial charge in [0.15, 0.2) is 11.6 Å². The van der Waals surface area contributed by atoms with Gasteiger partial charge in [-0.2, -0.15) is 16.8 Å². The predicted octanol–water partition coefficient (Wildman–Crippen LogP) is 2.73. The van der Waals surface area contributed by atoms with Crippen LogP contribution < -0.4 is 15.2 Å². The molecule has 1 heterocycles. The van der Waals surface area contributed by atoms with Crippen molar-refractivity contribution in [2.75, 3.05) is 10.0 Å². The molecule has 1 aliphatic carbocycles. The van der Waals surface area contributed by atoms with Crippen LogP contribution in [0.15, 0.2) is 51.8 Å². The summed E-state index contributed by atoms with van der Waals surface area (Å²) in [5.74, 6) is -2.55. The highest BCUT2D eigenvalue weighted by atomic mass is 32.2. The maximum absolute atomic E-state index is 14.0. The van der Waals surface area contributed by atoms with E-state index in [-0.39, 0.29) is 27.9 Å². The van der Waals surface area contributed by atoms with Crippen molar-refractivity contribution >= 4 is 49.0 Å². The lowest BCUT2D eigenvalue weighted by Crippen LogP contribution is -2.52. The van der Waals surface area contributed by atoms with Crippen LogP contribution in [0.25, 0.3) is 0 Å². The Kier molecular flexibility index (Phi) is 6.32. The number of hydrogen-bond donors (Lipinski definition) is 3. The molecule has 0 amide bonds. The van der Waals surface area contributed by atoms with Crippen LogP contribution in [-0.2, 0) is 30.4 Å². The molecule has 0 bridgehead atoms. The van der Waals surface area contributed by atoms with Crippen molar-refractivity contribution in [3.05, 3.63) is 53.6 Å². The van der Waals surface area contributed by atoms with E-state index >= 15 is 0 Å². The fourth-order valence-corrected chi connectivity index (χ4v) is 6.71. The van der Waals surface area contributed by atoms with E-state index in [0.717, 1.165) is 6.07 Å². The molecular weight excluding hydrogens is 492 g/mol. The maximum atomic E-state index is 14.0. The Labute approximate surface area is 204 Å². The summed E-state index contributed by atoms with van der Waals surface area (Å²) in [4.78, 5) is 27.2. The average molecular weight is 519 g/mol. The van der Waals surface area contributed by atoms with Crippen LogP contribution in [0.5, 0.6) is 0 Å². The van der Waals surface area contributed by atoms with E-state index in [1.54, 1.807) is 24.3 Å². The van der Waals surface area contributed by atoms with E-state index in [0.29, 0.717) is 36.8 Å². The zero-order chi connectivity index (χ0) is 25.6. The smallest absolute Gasteiger partial charge is 0.296 e. The van der Waals surface area contributed by atoms with E-state index in [4.69, 9.17) is 5.14 Å². The Morgan fingerprint density at radius 3 is 2.37 bits per heavy atom. The molecule has 2 aromatic carbocycles. The zero-order valence-corrected chi connectivity index (χ0v) is 20.9. The van der Waals surface area contributed by atoms with Crippen molar-refractivity contribution < 1.29 is 26.4 Å². The van der Waals surface area contributed by atoms with Crippen LogP contribution in [0.2, 0.25) is 0 Å². The van der Waals surface area contributed by atoms with Gasteiger partial charge in [-0.3, -0.25) is 14.3 Å². The molecule has 0 fully saturated rings. The SMILES string of the molecule is CCCC1(CCC)C(=O)C(C2=NS(=O)(=O)c3cc(NS(N)(=O)=O)ccc3N2)C(=O)c2ccccc21. The van der Waals surface area contributed by atoms with Crippen LogP contribution in [0.4, 0.5) is 11.4 Å². The van der Waals surface area contributed by atoms with E-state index in [1.807, 2.05) is 18.6 Å². The van der Waals surface area contributed by atoms with Gasteiger partial charge in [-0.25, -0.2) is 5.14 Å². The highest BCUT2D eigenvalue weighted by Crippen LogP contribution is 2.45. The van der Waals surface area contributed by atoms with Crippen molar-refractivity contribution in [2.24, 2.45) is 15.5 Å². The summed E-state index contributed by atoms with van der Waals surface area (Å²) in [6, 6.07) is 10.7. The van der Waals surface area contributed by atoms with Crippen LogP contribution in [0.1, 0.15) is 55.5 Å². The molecule has 4 N–H and O–H groups in total. The van der Waals surface area contributed by atoms with E-state index in [2.05, 4.69) is 9.71 Å². The quantitative estimate of drug-likeness (QED) is 0.474. The first-order chi connectivity index (χ1) is 16.4. The second kappa shape index (κ2) is 8.85. The van der Waals surface area contributed by atoms with Crippen molar-refractivity contribution in [3.8, 4) is 0 Å². The highest BCUT2D eigenvalue weighted by molar-refractivity contribution is 7.91. The molecule has 2 aromatic rings. The number of ketones is 2. The second-order valence-electron chi connectivity index (χ2n) is 8.72. The van der Waals surface area contributed by atoms with Gasteiger partial charge >= 0.3 is 0 Å². The summed E-state index contributed by atoms with van der Waals surface area (Å²) >= 11 is 0. The number of sulfonamides is 1. The molecule has 0 radical (unpaired) electrons. The molecule has 0 saturated carbocycles. The fourth-order valence-electron chi connectivity index (χ4n) is 5.07. The number of anilines is 2. The molecule has 0 aromatic heterocycles. The Morgan fingerprint density at radius 1 is 1.09 bits per heavy atom. The van der Waals surface area contributed by atoms with Gasteiger partial charge in [0, 0.05) is 5.56 Å². The Balaban J connectivity index is 1.84. The zero-order valence-electron chi connectivity index (χ0n) is 19.2. The van der Waals surface area contributed by atoms with Gasteiger partial charge < -0.3 is 5.32 Å². The number of carbonyl (C=O) groups excluding carboxylic acids is 2. The van der Waals surface area contributed by atoms with Gasteiger partial charge in [0.25, 0.3) is 20.2 Å². The van der Waals surface area contributed by atoms with Crippen molar-refractivity contribution in [2.45, 2.75) is 49.8 Å². The molecule has 35 heavy (non-hydrogen) atoms. The number of amidine groups is 1. The molecule has 0 spiro atoms. The van der Waals surface area contributed by atoms with Gasteiger partial charge in [0.1, 0.15) is 16.6 Å². The lowest BCUT2D eigenvalue weighted by molar-refractivity contribution is -0.126. The first-order valence-corrected chi connectivity index (χ1v) is 14.2. The molecule has 10 nitrogen and oxygen atoms in total. The van der Waals surface area contributed by atoms with Gasteiger partial charge in [0.2, 0.25) is 0 Å². The summed E-state index contributed by atoms with van der Waals surface area (Å²) in [7, 11) is -8.49. The van der Waals surface area contributed by atoms with E-state index in [1.165, 1.54) is 12.1 Å². The number of nitrogens with two attached hydrogens (primary N) is 1. The Morgan fingerprint density at radius 2 is 1.74 bits per heavy atom. The fraction of sp³-hybridized carbons (Fsp3) is 0.348. The molecule has 4 rings (SSSR count). The number of nitrogens with one attached hydrogen (secondary N) is 2. The molecule has 186 valence electrons. The number of nitrogens with zero attached hydrogens (tertiary/aromatic N) is 1. The Bertz CT molecular complexity index is 1460. The van der Waals surface area contributed by atoms with Gasteiger partial charge in [-0.05, 0) is 36.6 Å². The third-order valence-electron chi connectivity index (χ3n) is 6.33. The summed E-state index contributed by atoms with van der Waals surface area (Å²) in [5.41, 5.74) is 0.133. The second-order valence-corrected chi connectivity index (χ2v) is 11.6. The number of Topliss-reactive ketones (excluding diaryl/α,β-unsaturated/α-hetero) is 2. The predicted molar refractivity (Wildman–Crippen MR) is 132 cm³/mol. The number of fused-ring (bicyclic) bond motifs is 2. The third kappa shape index (κ3) is 4.37. The largest absolute Gasteiger partial charge is 0.341 e. The summed E-state index contributed by atoms with van der Waals surface area (Å²) in [6.45, 7) is 3.92. The van der Waals surface area contributed by atoms with Gasteiger partial charge in [-0.15, -0.1) is 4.40 Å². The summed E-state index contributed by atoms with van der Waals surface area (Å²) < 4.78 is 54.6. The van der Waals surface area contributed by atoms with Crippen LogP contribution in [0, 0.1) is 5.92 Å². The standard InChI is InChI=1S/C23H26N4O6S2/c1-3-11-23(12-4-2)16-8-6-5-7-15(16)20(28)19(21(23)29)22-25-17-10-9-14(26-35(24,32)33)13-18(17)34(30,31)27-22/h5-10,13,19,26H,3-4,11-12H2,1-2H3,(H,25,27)(H2,24,32,33). The highest BCUT2D eigenvalue weighted by Gasteiger charge is 2.53. The molecule has 1 unspecified atom stereocenters. The molecule has 12 heteroatoms. The minimum Gasteiger partial charge on any atom is -0.341 e. The maximum Gasteiger partial charge on any atom is 0.296 e. The van der Waals surface area contributed by atoms with Gasteiger partial charge in [0.05, 0.1) is 16.8 Å². The average Bonchev–Trinajstić information content (AvgIpc) is 2.77. The van der Waals surface area contributed by atoms with Crippen LogP contribution in [-0.4, -0.2) is 34.2 Å². The monoisotopic (exact) mass is 518 g/mol. The molecule has 0 saturated heterocycles. The lowest BCUT2D eigenvalue weighted by Gasteiger charge is -2.41. The van der Waals surface area contributed by atoms with Crippen molar-refractivity contribution in [3.63, 3.8) is 0 Å². The minimum absolute atomic E-state index is 0.0704. The molecular formula is C23H26N4O6S2. The molecule has 2 aliphatic rings. The lowest BCUT2D eigenvalue weighted by atomic mass is 9.60. The van der Waals surface area contributed by atoms with Crippen molar-refractivity contribution in [1.82, 2.24) is 0 Å². The van der Waals surface area contributed by atoms with Crippen molar-refractivity contribution in [1.29, 1.82) is 0 Å². The van der Waals surface area contributed by atoms with E-state index in [9.17, 15) is 26.4 Å². The first-order valence-electron chi connectivity index (χ1n) is 11.2. The third-order valence-corrected chi connectivity index (χ3v) is 8.18. The Hall–Kier alpha value is -3.09. The van der Waals surface area contributed by atoms with Crippen LogP contribution in [0.3, 0.4) is 0 Å². The first kappa shape index (κ1) is 25.0. The number of hydrogen-bond acceptors (Lipinski definition) is 7. The van der Waals surface area contributed by atoms with E-state index < -0.39 is 37.3 Å². The number of benzene rings is 2. The number of carbonyl (C=O) groups is 2.